The van der Waals surface area contributed by atoms with Crippen LogP contribution in [0.3, 0.4) is 0 Å². The Kier molecular flexibility index (Phi) is 11.4. The first-order valence-electron chi connectivity index (χ1n) is 17.8. The molecule has 1 aromatic heterocycles. The standard InChI is InChI=1S/C40H42Cl2N2O11/c1-48-25-6-7-26-27-8-9-44-18-22-14-33(37(51-4)34(39(46)52-5)28(22)17-30(44)35(27)43-29(26)16-25)54-38(45)21-12-31(49-2)36(32(13-21)50-3)55-40(47)53-19-20-10-23(41)15-24(42)11-20/h6-7,10-13,15-16,22,28,30,33-34,37,43H,8-9,14,17-19H2,1-5H3/t22?,28?,30?,33-,34+,37+/m1/s1. The third-order valence-electron chi connectivity index (χ3n) is 11.0. The first kappa shape index (κ1) is 38.6. The maximum Gasteiger partial charge on any atom is 0.514 e. The van der Waals surface area contributed by atoms with Crippen LogP contribution in [0.15, 0.2) is 48.5 Å². The van der Waals surface area contributed by atoms with Crippen LogP contribution in [0.25, 0.3) is 10.9 Å². The molecule has 0 spiro atoms. The van der Waals surface area contributed by atoms with Crippen LogP contribution >= 0.6 is 23.2 Å². The molecule has 1 N–H and O–H groups in total. The van der Waals surface area contributed by atoms with Crippen molar-refractivity contribution in [2.75, 3.05) is 48.6 Å². The normalized spacial score (nSPS) is 23.1. The molecule has 1 saturated heterocycles. The van der Waals surface area contributed by atoms with Gasteiger partial charge in [0.15, 0.2) is 11.5 Å². The van der Waals surface area contributed by atoms with Gasteiger partial charge in [-0.3, -0.25) is 9.69 Å². The summed E-state index contributed by atoms with van der Waals surface area (Å²) >= 11 is 12.1. The number of ether oxygens (including phenoxy) is 8. The molecule has 0 radical (unpaired) electrons. The molecule has 13 nitrogen and oxygen atoms in total. The van der Waals surface area contributed by atoms with Gasteiger partial charge in [-0.15, -0.1) is 0 Å². The molecule has 7 rings (SSSR count). The zero-order valence-electron chi connectivity index (χ0n) is 31.0. The number of hydrogen-bond donors (Lipinski definition) is 1. The Bertz CT molecular complexity index is 2060. The molecule has 6 atom stereocenters. The first-order chi connectivity index (χ1) is 26.5. The van der Waals surface area contributed by atoms with Crippen LogP contribution in [0.5, 0.6) is 23.0 Å². The SMILES string of the molecule is COC(=O)[C@H]1C2CC3c4[nH]c5cc(OC)ccc5c4CCN3CC2C[C@@H](OC(=O)c2cc(OC)c(OC(=O)OCc3cc(Cl)cc(Cl)c3)c(OC)c2)[C@@H]1OC. The molecule has 3 unspecified atom stereocenters. The molecule has 0 amide bonds. The highest BCUT2D eigenvalue weighted by Gasteiger charge is 2.54. The van der Waals surface area contributed by atoms with E-state index in [4.69, 9.17) is 61.1 Å². The monoisotopic (exact) mass is 796 g/mol. The molecule has 3 aliphatic rings. The smallest absolute Gasteiger partial charge is 0.497 e. The Morgan fingerprint density at radius 1 is 0.891 bits per heavy atom. The van der Waals surface area contributed by atoms with Crippen molar-refractivity contribution >= 4 is 52.2 Å². The topological polar surface area (TPSA) is 144 Å². The number of piperidine rings is 1. The minimum Gasteiger partial charge on any atom is -0.497 e. The second kappa shape index (κ2) is 16.2. The van der Waals surface area contributed by atoms with E-state index in [2.05, 4.69) is 16.0 Å². The number of aromatic amines is 1. The summed E-state index contributed by atoms with van der Waals surface area (Å²) in [6.07, 6.45) is -0.541. The van der Waals surface area contributed by atoms with E-state index < -0.39 is 36.2 Å². The van der Waals surface area contributed by atoms with E-state index in [9.17, 15) is 14.4 Å². The van der Waals surface area contributed by atoms with Gasteiger partial charge in [-0.25, -0.2) is 9.59 Å². The number of carbonyl (C=O) groups excluding carboxylic acids is 3. The number of nitrogens with one attached hydrogen (secondary N) is 1. The van der Waals surface area contributed by atoms with E-state index in [0.717, 1.165) is 29.9 Å². The van der Waals surface area contributed by atoms with Crippen LogP contribution in [0.4, 0.5) is 4.79 Å². The number of benzene rings is 3. The van der Waals surface area contributed by atoms with Crippen molar-refractivity contribution in [3.63, 3.8) is 0 Å². The van der Waals surface area contributed by atoms with Gasteiger partial charge in [0.05, 0.1) is 46.0 Å². The number of aromatic nitrogens is 1. The molecule has 3 heterocycles. The van der Waals surface area contributed by atoms with E-state index in [1.54, 1.807) is 25.3 Å². The zero-order valence-corrected chi connectivity index (χ0v) is 32.5. The average Bonchev–Trinajstić information content (AvgIpc) is 3.56. The fraction of sp³-hybridized carbons (Fsp3) is 0.425. The summed E-state index contributed by atoms with van der Waals surface area (Å²) < 4.78 is 44.7. The van der Waals surface area contributed by atoms with Crippen molar-refractivity contribution < 1.29 is 52.3 Å². The van der Waals surface area contributed by atoms with Gasteiger partial charge in [0.25, 0.3) is 0 Å². The number of nitrogens with zero attached hydrogens (tertiary/aromatic N) is 1. The number of esters is 2. The number of hydrogen-bond acceptors (Lipinski definition) is 12. The summed E-state index contributed by atoms with van der Waals surface area (Å²) in [5.74, 6) is -1.15. The highest BCUT2D eigenvalue weighted by Crippen LogP contribution is 2.51. The Balaban J connectivity index is 1.09. The summed E-state index contributed by atoms with van der Waals surface area (Å²) in [5.41, 5.74) is 4.10. The number of fused-ring (bicyclic) bond motifs is 6. The maximum absolute atomic E-state index is 13.9. The summed E-state index contributed by atoms with van der Waals surface area (Å²) in [6, 6.07) is 13.7. The molecule has 4 aromatic rings. The number of rotatable bonds is 10. The van der Waals surface area contributed by atoms with Crippen LogP contribution < -0.4 is 18.9 Å². The van der Waals surface area contributed by atoms with Gasteiger partial charge in [-0.1, -0.05) is 23.2 Å². The molecule has 55 heavy (non-hydrogen) atoms. The van der Waals surface area contributed by atoms with Crippen molar-refractivity contribution in [2.24, 2.45) is 17.8 Å². The van der Waals surface area contributed by atoms with Crippen LogP contribution in [-0.4, -0.2) is 88.8 Å². The van der Waals surface area contributed by atoms with Gasteiger partial charge in [-0.05, 0) is 84.7 Å². The number of carbonyl (C=O) groups is 3. The zero-order chi connectivity index (χ0) is 39.0. The van der Waals surface area contributed by atoms with Crippen molar-refractivity contribution in [3.8, 4) is 23.0 Å². The number of H-pyrrole nitrogens is 1. The lowest BCUT2D eigenvalue weighted by Crippen LogP contribution is -2.58. The lowest BCUT2D eigenvalue weighted by Gasteiger charge is -2.52. The molecule has 2 fully saturated rings. The van der Waals surface area contributed by atoms with Crippen LogP contribution in [0, 0.1) is 17.8 Å². The fourth-order valence-corrected chi connectivity index (χ4v) is 9.18. The van der Waals surface area contributed by atoms with Crippen molar-refractivity contribution in [1.29, 1.82) is 0 Å². The van der Waals surface area contributed by atoms with E-state index >= 15 is 0 Å². The highest BCUT2D eigenvalue weighted by atomic mass is 35.5. The molecule has 2 aliphatic heterocycles. The number of methoxy groups -OCH3 is 5. The summed E-state index contributed by atoms with van der Waals surface area (Å²) in [5, 5.41) is 1.95. The molecule has 1 aliphatic carbocycles. The predicted octanol–water partition coefficient (Wildman–Crippen LogP) is 7.18. The van der Waals surface area contributed by atoms with Gasteiger partial charge < -0.3 is 42.9 Å². The number of halogens is 2. The molecule has 3 aromatic carbocycles. The summed E-state index contributed by atoms with van der Waals surface area (Å²) in [7, 11) is 7.24. The Hall–Kier alpha value is -4.69. The van der Waals surface area contributed by atoms with Gasteiger partial charge in [0, 0.05) is 52.9 Å². The molecule has 15 heteroatoms. The van der Waals surface area contributed by atoms with Crippen molar-refractivity contribution in [2.45, 2.75) is 44.1 Å². The second-order valence-corrected chi connectivity index (χ2v) is 14.8. The van der Waals surface area contributed by atoms with Crippen molar-refractivity contribution in [1.82, 2.24) is 9.88 Å². The Morgan fingerprint density at radius 2 is 1.62 bits per heavy atom. The van der Waals surface area contributed by atoms with E-state index in [0.29, 0.717) is 35.0 Å². The first-order valence-corrected chi connectivity index (χ1v) is 18.6. The third kappa shape index (κ3) is 7.62. The van der Waals surface area contributed by atoms with Crippen molar-refractivity contribution in [3.05, 3.63) is 81.0 Å². The van der Waals surface area contributed by atoms with Crippen LogP contribution in [0.2, 0.25) is 10.0 Å². The quantitative estimate of drug-likeness (QED) is 0.0986. The minimum absolute atomic E-state index is 0.0179. The van der Waals surface area contributed by atoms with Crippen LogP contribution in [0.1, 0.15) is 46.1 Å². The van der Waals surface area contributed by atoms with Gasteiger partial charge in [0.2, 0.25) is 5.75 Å². The summed E-state index contributed by atoms with van der Waals surface area (Å²) in [6.45, 7) is 1.40. The summed E-state index contributed by atoms with van der Waals surface area (Å²) in [4.78, 5) is 46.3. The second-order valence-electron chi connectivity index (χ2n) is 13.9. The van der Waals surface area contributed by atoms with E-state index in [-0.39, 0.29) is 47.3 Å². The highest BCUT2D eigenvalue weighted by molar-refractivity contribution is 6.34. The Morgan fingerprint density at radius 3 is 2.27 bits per heavy atom. The largest absolute Gasteiger partial charge is 0.514 e. The Labute approximate surface area is 327 Å². The van der Waals surface area contributed by atoms with Crippen LogP contribution in [-0.2, 0) is 36.8 Å². The minimum atomic E-state index is -1.05. The maximum atomic E-state index is 13.9. The molecular formula is C40H42Cl2N2O11. The molecule has 292 valence electrons. The van der Waals surface area contributed by atoms with Gasteiger partial charge in [0.1, 0.15) is 24.6 Å². The van der Waals surface area contributed by atoms with E-state index in [1.165, 1.54) is 51.5 Å². The van der Waals surface area contributed by atoms with Gasteiger partial charge in [-0.2, -0.15) is 0 Å². The third-order valence-corrected chi connectivity index (χ3v) is 11.5. The predicted molar refractivity (Wildman–Crippen MR) is 201 cm³/mol. The van der Waals surface area contributed by atoms with Gasteiger partial charge >= 0.3 is 18.1 Å². The molecular weight excluding hydrogens is 755 g/mol. The molecule has 1 saturated carbocycles. The lowest BCUT2D eigenvalue weighted by atomic mass is 9.63. The average molecular weight is 798 g/mol. The fourth-order valence-electron chi connectivity index (χ4n) is 8.61. The lowest BCUT2D eigenvalue weighted by molar-refractivity contribution is -0.176. The molecule has 0 bridgehead atoms. The van der Waals surface area contributed by atoms with E-state index in [1.807, 2.05) is 12.1 Å².